The number of ether oxygens (including phenoxy) is 4. The number of esters is 4. The Morgan fingerprint density at radius 1 is 0.219 bits per heavy atom. The summed E-state index contributed by atoms with van der Waals surface area (Å²) in [7, 11) is -9.94. The minimum atomic E-state index is -4.97. The predicted molar refractivity (Wildman–Crippen MR) is 474 cm³/mol. The summed E-state index contributed by atoms with van der Waals surface area (Å²) < 4.78 is 69.2. The van der Waals surface area contributed by atoms with Crippen LogP contribution >= 0.6 is 15.6 Å². The molecule has 0 aromatic carbocycles. The minimum absolute atomic E-state index is 0.108. The molecule has 3 N–H and O–H groups in total. The lowest BCUT2D eigenvalue weighted by Gasteiger charge is -2.21. The van der Waals surface area contributed by atoms with Gasteiger partial charge >= 0.3 is 39.5 Å². The van der Waals surface area contributed by atoms with Crippen LogP contribution in [0.1, 0.15) is 505 Å². The van der Waals surface area contributed by atoms with E-state index in [1.165, 1.54) is 308 Å². The highest BCUT2D eigenvalue weighted by Crippen LogP contribution is 2.45. The van der Waals surface area contributed by atoms with E-state index in [0.29, 0.717) is 25.7 Å². The highest BCUT2D eigenvalue weighted by Gasteiger charge is 2.31. The number of aliphatic hydroxyl groups is 1. The molecular formula is C95H186O17P2. The fraction of sp³-hybridized carbons (Fsp3) is 0.958. The lowest BCUT2D eigenvalue weighted by molar-refractivity contribution is -0.161. The smallest absolute Gasteiger partial charge is 0.462 e. The Labute approximate surface area is 702 Å². The summed E-state index contributed by atoms with van der Waals surface area (Å²) in [5.74, 6) is 1.09. The molecule has 114 heavy (non-hydrogen) atoms. The van der Waals surface area contributed by atoms with Gasteiger partial charge in [-0.15, -0.1) is 0 Å². The molecule has 0 aromatic heterocycles. The second kappa shape index (κ2) is 83.3. The van der Waals surface area contributed by atoms with Crippen molar-refractivity contribution in [2.75, 3.05) is 39.6 Å². The molecule has 0 spiro atoms. The van der Waals surface area contributed by atoms with Gasteiger partial charge in [0.1, 0.15) is 19.3 Å². The van der Waals surface area contributed by atoms with Gasteiger partial charge in [0.15, 0.2) is 12.2 Å². The van der Waals surface area contributed by atoms with Crippen molar-refractivity contribution >= 4 is 39.5 Å². The first-order chi connectivity index (χ1) is 55.1. The molecule has 0 rings (SSSR count). The molecule has 0 amide bonds. The number of carbonyl (C=O) groups is 4. The molecular weight excluding hydrogens is 1470 g/mol. The fourth-order valence-corrected chi connectivity index (χ4v) is 16.5. The molecule has 0 radical (unpaired) electrons. The maximum atomic E-state index is 13.2. The molecule has 0 bridgehead atoms. The maximum Gasteiger partial charge on any atom is 0.472 e. The first-order valence-electron chi connectivity index (χ1n) is 48.7. The summed E-state index contributed by atoms with van der Waals surface area (Å²) in [6, 6.07) is 0. The molecule has 0 aliphatic heterocycles. The summed E-state index contributed by atoms with van der Waals surface area (Å²) in [4.78, 5) is 73.5. The van der Waals surface area contributed by atoms with Gasteiger partial charge in [-0.3, -0.25) is 37.3 Å². The van der Waals surface area contributed by atoms with Gasteiger partial charge in [0.2, 0.25) is 0 Å². The molecule has 0 aliphatic carbocycles. The quantitative estimate of drug-likeness (QED) is 0.0222. The Morgan fingerprint density at radius 2 is 0.368 bits per heavy atom. The van der Waals surface area contributed by atoms with Crippen LogP contribution in [0, 0.1) is 23.7 Å². The third kappa shape index (κ3) is 87.9. The number of phosphoric ester groups is 2. The van der Waals surface area contributed by atoms with Gasteiger partial charge in [-0.2, -0.15) is 0 Å². The van der Waals surface area contributed by atoms with Crippen molar-refractivity contribution in [3.8, 4) is 0 Å². The summed E-state index contributed by atoms with van der Waals surface area (Å²) in [6.07, 6.45) is 76.6. The molecule has 17 nitrogen and oxygen atoms in total. The van der Waals surface area contributed by atoms with Gasteiger partial charge in [-0.25, -0.2) is 9.13 Å². The number of aliphatic hydroxyl groups excluding tert-OH is 1. The van der Waals surface area contributed by atoms with Crippen molar-refractivity contribution in [1.82, 2.24) is 0 Å². The van der Waals surface area contributed by atoms with Crippen LogP contribution in [0.15, 0.2) is 0 Å². The van der Waals surface area contributed by atoms with Gasteiger partial charge in [0, 0.05) is 25.7 Å². The van der Waals surface area contributed by atoms with Crippen molar-refractivity contribution in [3.63, 3.8) is 0 Å². The topological polar surface area (TPSA) is 237 Å². The van der Waals surface area contributed by atoms with Crippen LogP contribution in [-0.2, 0) is 65.4 Å². The van der Waals surface area contributed by atoms with Gasteiger partial charge in [-0.05, 0) is 49.4 Å². The molecule has 0 aromatic rings. The van der Waals surface area contributed by atoms with Crippen LogP contribution in [-0.4, -0.2) is 96.7 Å². The molecule has 0 aliphatic rings. The number of hydrogen-bond donors (Lipinski definition) is 3. The zero-order valence-corrected chi connectivity index (χ0v) is 77.5. The summed E-state index contributed by atoms with van der Waals surface area (Å²) in [6.45, 7) is 14.4. The lowest BCUT2D eigenvalue weighted by Crippen LogP contribution is -2.30. The van der Waals surface area contributed by atoms with E-state index >= 15 is 0 Å². The van der Waals surface area contributed by atoms with Crippen molar-refractivity contribution < 1.29 is 80.2 Å². The van der Waals surface area contributed by atoms with Gasteiger partial charge < -0.3 is 33.8 Å². The van der Waals surface area contributed by atoms with Crippen molar-refractivity contribution in [2.24, 2.45) is 23.7 Å². The van der Waals surface area contributed by atoms with E-state index in [0.717, 1.165) is 114 Å². The monoisotopic (exact) mass is 1660 g/mol. The Morgan fingerprint density at radius 3 is 0.544 bits per heavy atom. The number of rotatable bonds is 92. The molecule has 678 valence electrons. The molecule has 0 saturated carbocycles. The van der Waals surface area contributed by atoms with E-state index in [-0.39, 0.29) is 25.7 Å². The molecule has 5 atom stereocenters. The summed E-state index contributed by atoms with van der Waals surface area (Å²) in [5.41, 5.74) is 0. The number of carbonyl (C=O) groups excluding carboxylic acids is 4. The fourth-order valence-electron chi connectivity index (χ4n) is 14.9. The summed E-state index contributed by atoms with van der Waals surface area (Å²) in [5, 5.41) is 10.7. The van der Waals surface area contributed by atoms with E-state index in [2.05, 4.69) is 55.4 Å². The normalized spacial score (nSPS) is 13.8. The van der Waals surface area contributed by atoms with E-state index in [1.54, 1.807) is 0 Å². The first kappa shape index (κ1) is 112. The van der Waals surface area contributed by atoms with Crippen molar-refractivity contribution in [1.29, 1.82) is 0 Å². The second-order valence-corrected chi connectivity index (χ2v) is 38.9. The predicted octanol–water partition coefficient (Wildman–Crippen LogP) is 29.5. The molecule has 0 fully saturated rings. The largest absolute Gasteiger partial charge is 0.472 e. The minimum Gasteiger partial charge on any atom is -0.462 e. The van der Waals surface area contributed by atoms with Gasteiger partial charge in [0.25, 0.3) is 0 Å². The van der Waals surface area contributed by atoms with Crippen LogP contribution in [0.5, 0.6) is 0 Å². The first-order valence-corrected chi connectivity index (χ1v) is 51.7. The van der Waals surface area contributed by atoms with E-state index in [9.17, 15) is 43.2 Å². The van der Waals surface area contributed by atoms with E-state index < -0.39 is 97.5 Å². The van der Waals surface area contributed by atoms with Crippen LogP contribution < -0.4 is 0 Å². The third-order valence-electron chi connectivity index (χ3n) is 22.3. The Bertz CT molecular complexity index is 2200. The molecule has 19 heteroatoms. The average molecular weight is 1660 g/mol. The Balaban J connectivity index is 5.22. The standard InChI is InChI=1S/C95H186O17P2/c1-85(2)71-63-55-47-39-33-27-21-15-9-12-18-24-30-36-42-51-59-67-75-92(97)105-81-90(111-94(99)77-69-61-53-43-37-31-25-19-13-10-16-22-28-34-40-48-56-64-72-86(3)4)83-109-113(101,102)107-79-89(96)80-108-114(103,104)110-84-91(82-106-93(98)76-68-60-52-46-45-50-58-66-74-88(7)8)112-95(100)78-70-62-54-44-38-32-26-20-14-11-17-23-29-35-41-49-57-65-73-87(5)6/h85-91,96H,9-84H2,1-8H3,(H,101,102)(H,103,104)/t89-,90-,91-/m1/s1. The Hall–Kier alpha value is -1.94. The molecule has 0 saturated heterocycles. The van der Waals surface area contributed by atoms with E-state index in [4.69, 9.17) is 37.0 Å². The van der Waals surface area contributed by atoms with Crippen LogP contribution in [0.2, 0.25) is 0 Å². The third-order valence-corrected chi connectivity index (χ3v) is 24.2. The zero-order chi connectivity index (χ0) is 83.7. The van der Waals surface area contributed by atoms with Crippen molar-refractivity contribution in [3.05, 3.63) is 0 Å². The number of phosphoric acid groups is 2. The number of unbranched alkanes of at least 4 members (excludes halogenated alkanes) is 58. The van der Waals surface area contributed by atoms with Crippen molar-refractivity contribution in [2.45, 2.75) is 523 Å². The maximum absolute atomic E-state index is 13.2. The van der Waals surface area contributed by atoms with Crippen LogP contribution in [0.3, 0.4) is 0 Å². The van der Waals surface area contributed by atoms with Crippen LogP contribution in [0.4, 0.5) is 0 Å². The highest BCUT2D eigenvalue weighted by molar-refractivity contribution is 7.47. The van der Waals surface area contributed by atoms with Gasteiger partial charge in [-0.1, -0.05) is 453 Å². The second-order valence-electron chi connectivity index (χ2n) is 36.0. The van der Waals surface area contributed by atoms with Gasteiger partial charge in [0.05, 0.1) is 26.4 Å². The van der Waals surface area contributed by atoms with Crippen LogP contribution in [0.25, 0.3) is 0 Å². The highest BCUT2D eigenvalue weighted by atomic mass is 31.2. The Kier molecular flexibility index (Phi) is 81.9. The average Bonchev–Trinajstić information content (AvgIpc) is 0.894. The SMILES string of the molecule is CC(C)CCCCCCCCCCCCCCCCCCCCC(=O)OC[C@H](COP(=O)(O)OC[C@@H](O)COP(=O)(O)OC[C@@H](COC(=O)CCCCCCCCCCC(C)C)OC(=O)CCCCCCCCCCCCCCCCCCCCC(C)C)OC(=O)CCCCCCCCCCCCCCCCCCCCC(C)C. The van der Waals surface area contributed by atoms with E-state index in [1.807, 2.05) is 0 Å². The molecule has 2 unspecified atom stereocenters. The number of hydrogen-bond acceptors (Lipinski definition) is 15. The molecule has 0 heterocycles. The lowest BCUT2D eigenvalue weighted by atomic mass is 10.0. The zero-order valence-electron chi connectivity index (χ0n) is 75.7. The summed E-state index contributed by atoms with van der Waals surface area (Å²) >= 11 is 0.